The van der Waals surface area contributed by atoms with Gasteiger partial charge >= 0.3 is 5.97 Å². The van der Waals surface area contributed by atoms with Crippen molar-refractivity contribution in [2.75, 3.05) is 6.26 Å². The van der Waals surface area contributed by atoms with E-state index in [1.807, 2.05) is 6.92 Å². The molecule has 0 aliphatic carbocycles. The molecular formula is C19H23N3O8S2. The summed E-state index contributed by atoms with van der Waals surface area (Å²) in [5, 5.41) is 9.75. The number of carbonyl (C=O) groups excluding carboxylic acids is 2. The maximum absolute atomic E-state index is 13.1. The number of carbonyl (C=O) groups is 2. The van der Waals surface area contributed by atoms with E-state index >= 15 is 0 Å². The van der Waals surface area contributed by atoms with Crippen molar-refractivity contribution < 1.29 is 31.9 Å². The topological polar surface area (TPSA) is 153 Å². The maximum Gasteiger partial charge on any atom is 0.356 e. The van der Waals surface area contributed by atoms with Gasteiger partial charge in [-0.2, -0.15) is 4.72 Å². The molecule has 2 heterocycles. The number of hydrogen-bond donors (Lipinski definition) is 1. The Hall–Kier alpha value is -2.64. The number of nitro groups is 1. The number of hydrogen-bond acceptors (Lipinski definition) is 8. The van der Waals surface area contributed by atoms with Crippen molar-refractivity contribution in [1.29, 1.82) is 0 Å². The lowest BCUT2D eigenvalue weighted by atomic mass is 9.85. The average molecular weight is 486 g/mol. The maximum atomic E-state index is 13.1. The second-order valence-corrected chi connectivity index (χ2v) is 11.2. The molecule has 2 aliphatic heterocycles. The van der Waals surface area contributed by atoms with E-state index < -0.39 is 37.1 Å². The molecule has 4 unspecified atom stereocenters. The third kappa shape index (κ3) is 4.74. The monoisotopic (exact) mass is 485 g/mol. The van der Waals surface area contributed by atoms with Gasteiger partial charge < -0.3 is 9.64 Å². The molecule has 0 saturated carbocycles. The van der Waals surface area contributed by atoms with E-state index in [4.69, 9.17) is 4.74 Å². The largest absolute Gasteiger partial charge is 0.456 e. The molecule has 4 atom stereocenters. The molecular weight excluding hydrogens is 462 g/mol. The van der Waals surface area contributed by atoms with Crippen molar-refractivity contribution in [1.82, 2.24) is 9.62 Å². The van der Waals surface area contributed by atoms with Crippen LogP contribution in [-0.4, -0.2) is 52.0 Å². The SMILES string of the molecule is CCC1C(=O)N2C(C(=O)OCc3ccc([N+](=O)[O-])cc3)=C(S(=O)C(C)NS(C)(=O)=O)CC12. The Labute approximate surface area is 187 Å². The van der Waals surface area contributed by atoms with Crippen LogP contribution in [0.15, 0.2) is 34.9 Å². The van der Waals surface area contributed by atoms with Gasteiger partial charge in [-0.15, -0.1) is 0 Å². The fraction of sp³-hybridized carbons (Fsp3) is 0.474. The molecule has 174 valence electrons. The quantitative estimate of drug-likeness (QED) is 0.236. The van der Waals surface area contributed by atoms with Crippen molar-refractivity contribution in [2.45, 2.75) is 44.7 Å². The summed E-state index contributed by atoms with van der Waals surface area (Å²) in [6.07, 6.45) is 1.68. The molecule has 0 aromatic heterocycles. The molecule has 1 amide bonds. The van der Waals surface area contributed by atoms with Gasteiger partial charge in [-0.3, -0.25) is 19.1 Å². The van der Waals surface area contributed by atoms with Crippen LogP contribution in [0.3, 0.4) is 0 Å². The number of sulfonamides is 1. The fourth-order valence-corrected chi connectivity index (χ4v) is 6.47. The number of nitrogens with zero attached hydrogens (tertiary/aromatic N) is 2. The van der Waals surface area contributed by atoms with Gasteiger partial charge in [-0.25, -0.2) is 13.2 Å². The normalized spacial score (nSPS) is 22.2. The highest BCUT2D eigenvalue weighted by Gasteiger charge is 2.55. The summed E-state index contributed by atoms with van der Waals surface area (Å²) in [6.45, 7) is 3.05. The highest BCUT2D eigenvalue weighted by Crippen LogP contribution is 2.45. The second kappa shape index (κ2) is 9.08. The van der Waals surface area contributed by atoms with Crippen LogP contribution in [0.25, 0.3) is 0 Å². The lowest BCUT2D eigenvalue weighted by molar-refractivity contribution is -0.384. The first kappa shape index (κ1) is 24.0. The van der Waals surface area contributed by atoms with Gasteiger partial charge in [0, 0.05) is 18.6 Å². The van der Waals surface area contributed by atoms with Crippen LogP contribution in [0.2, 0.25) is 0 Å². The summed E-state index contributed by atoms with van der Waals surface area (Å²) in [5.74, 6) is -1.43. The predicted molar refractivity (Wildman–Crippen MR) is 115 cm³/mol. The highest BCUT2D eigenvalue weighted by atomic mass is 32.2. The van der Waals surface area contributed by atoms with Gasteiger partial charge in [0.2, 0.25) is 15.9 Å². The van der Waals surface area contributed by atoms with Crippen molar-refractivity contribution >= 4 is 38.4 Å². The number of amides is 1. The zero-order valence-corrected chi connectivity index (χ0v) is 19.3. The number of nitro benzene ring substituents is 1. The van der Waals surface area contributed by atoms with Gasteiger partial charge in [0.1, 0.15) is 12.3 Å². The number of benzene rings is 1. The molecule has 1 saturated heterocycles. The van der Waals surface area contributed by atoms with Crippen molar-refractivity contribution in [2.24, 2.45) is 5.92 Å². The summed E-state index contributed by atoms with van der Waals surface area (Å²) >= 11 is 0. The zero-order valence-electron chi connectivity index (χ0n) is 17.6. The first-order valence-corrected chi connectivity index (χ1v) is 12.9. The number of non-ortho nitro benzene ring substituents is 1. The number of fused-ring (bicyclic) bond motifs is 1. The van der Waals surface area contributed by atoms with Crippen LogP contribution < -0.4 is 4.72 Å². The minimum absolute atomic E-state index is 0.108. The minimum atomic E-state index is -3.64. The number of β-lactam (4-membered cyclic amide) rings is 1. The average Bonchev–Trinajstić information content (AvgIpc) is 3.06. The Morgan fingerprint density at radius 3 is 2.53 bits per heavy atom. The van der Waals surface area contributed by atoms with Crippen molar-refractivity contribution in [3.05, 3.63) is 50.5 Å². The highest BCUT2D eigenvalue weighted by molar-refractivity contribution is 7.92. The lowest BCUT2D eigenvalue weighted by Crippen LogP contribution is -2.58. The van der Waals surface area contributed by atoms with E-state index in [-0.39, 0.29) is 47.2 Å². The Kier molecular flexibility index (Phi) is 6.81. The van der Waals surface area contributed by atoms with Crippen molar-refractivity contribution in [3.8, 4) is 0 Å². The Bertz CT molecular complexity index is 1110. The van der Waals surface area contributed by atoms with Gasteiger partial charge in [0.25, 0.3) is 5.69 Å². The minimum Gasteiger partial charge on any atom is -0.456 e. The zero-order chi connectivity index (χ0) is 23.8. The van der Waals surface area contributed by atoms with Gasteiger partial charge in [-0.05, 0) is 31.0 Å². The van der Waals surface area contributed by atoms with Gasteiger partial charge in [0.05, 0.1) is 44.2 Å². The van der Waals surface area contributed by atoms with E-state index in [1.54, 1.807) is 0 Å². The molecule has 1 N–H and O–H groups in total. The van der Waals surface area contributed by atoms with E-state index in [9.17, 15) is 32.3 Å². The molecule has 1 fully saturated rings. The van der Waals surface area contributed by atoms with Crippen molar-refractivity contribution in [3.63, 3.8) is 0 Å². The fourth-order valence-electron chi connectivity index (χ4n) is 3.86. The number of esters is 1. The summed E-state index contributed by atoms with van der Waals surface area (Å²) in [4.78, 5) is 37.1. The third-order valence-corrected chi connectivity index (χ3v) is 7.88. The van der Waals surface area contributed by atoms with Gasteiger partial charge in [0.15, 0.2) is 0 Å². The van der Waals surface area contributed by atoms with E-state index in [0.717, 1.165) is 6.26 Å². The third-order valence-electron chi connectivity index (χ3n) is 5.34. The summed E-state index contributed by atoms with van der Waals surface area (Å²) in [6, 6.07) is 5.11. The van der Waals surface area contributed by atoms with E-state index in [1.165, 1.54) is 36.1 Å². The molecule has 0 bridgehead atoms. The molecule has 2 aliphatic rings. The summed E-state index contributed by atoms with van der Waals surface area (Å²) in [7, 11) is -5.55. The molecule has 0 radical (unpaired) electrons. The number of nitrogens with one attached hydrogen (secondary N) is 1. The van der Waals surface area contributed by atoms with Crippen LogP contribution in [0.1, 0.15) is 32.3 Å². The Morgan fingerprint density at radius 2 is 2.00 bits per heavy atom. The first-order chi connectivity index (χ1) is 14.9. The standard InChI is InChI=1S/C19H23N3O8S2/c1-4-14-15-9-16(31(27)11(2)20-32(3,28)29)17(21(15)18(14)23)19(24)30-10-12-5-7-13(8-6-12)22(25)26/h5-8,11,14-15,20H,4,9-10H2,1-3H3. The molecule has 3 rings (SSSR count). The van der Waals surface area contributed by atoms with Crippen LogP contribution in [-0.2, 0) is 41.8 Å². The van der Waals surface area contributed by atoms with E-state index in [0.29, 0.717) is 12.0 Å². The number of ether oxygens (including phenoxy) is 1. The molecule has 1 aromatic rings. The molecule has 13 heteroatoms. The van der Waals surface area contributed by atoms with E-state index in [2.05, 4.69) is 4.72 Å². The van der Waals surface area contributed by atoms with Crippen LogP contribution in [0.5, 0.6) is 0 Å². The smallest absolute Gasteiger partial charge is 0.356 e. The molecule has 1 aromatic carbocycles. The van der Waals surface area contributed by atoms with Crippen LogP contribution >= 0.6 is 0 Å². The Morgan fingerprint density at radius 1 is 1.38 bits per heavy atom. The molecule has 0 spiro atoms. The lowest BCUT2D eigenvalue weighted by Gasteiger charge is -2.43. The Balaban J connectivity index is 1.83. The molecule has 11 nitrogen and oxygen atoms in total. The van der Waals surface area contributed by atoms with Crippen LogP contribution in [0, 0.1) is 16.0 Å². The predicted octanol–water partition coefficient (Wildman–Crippen LogP) is 1.13. The summed E-state index contributed by atoms with van der Waals surface area (Å²) in [5.41, 5.74) is 0.269. The second-order valence-electron chi connectivity index (χ2n) is 7.60. The van der Waals surface area contributed by atoms with Crippen LogP contribution in [0.4, 0.5) is 5.69 Å². The summed E-state index contributed by atoms with van der Waals surface area (Å²) < 4.78 is 43.7. The first-order valence-electron chi connectivity index (χ1n) is 9.79. The van der Waals surface area contributed by atoms with Gasteiger partial charge in [-0.1, -0.05) is 6.92 Å². The molecule has 32 heavy (non-hydrogen) atoms. The number of rotatable bonds is 9.